The molecule has 0 unspecified atom stereocenters. The first-order valence-corrected chi connectivity index (χ1v) is 13.3. The maximum absolute atomic E-state index is 13.4. The molecule has 0 bridgehead atoms. The molecule has 2 N–H and O–H groups in total. The van der Waals surface area contributed by atoms with Gasteiger partial charge in [0.25, 0.3) is 0 Å². The van der Waals surface area contributed by atoms with Gasteiger partial charge in [0.2, 0.25) is 11.8 Å². The Balaban J connectivity index is 1.22. The summed E-state index contributed by atoms with van der Waals surface area (Å²) in [5.74, 6) is -0.429. The molecule has 2 saturated heterocycles. The minimum atomic E-state index is -0.246. The van der Waals surface area contributed by atoms with Crippen molar-refractivity contribution >= 4 is 17.5 Å². The number of carbonyl (C=O) groups excluding carboxylic acids is 2. The molecule has 8 heteroatoms. The number of hydrogen-bond acceptors (Lipinski definition) is 6. The summed E-state index contributed by atoms with van der Waals surface area (Å²) < 4.78 is 5.41. The van der Waals surface area contributed by atoms with Gasteiger partial charge in [-0.2, -0.15) is 0 Å². The van der Waals surface area contributed by atoms with Gasteiger partial charge in [-0.05, 0) is 66.6 Å². The Morgan fingerprint density at radius 2 is 1.69 bits per heavy atom. The topological polar surface area (TPSA) is 86.8 Å². The number of piperidine rings is 1. The van der Waals surface area contributed by atoms with Gasteiger partial charge in [-0.25, -0.2) is 0 Å². The lowest BCUT2D eigenvalue weighted by molar-refractivity contribution is -0.130. The second kappa shape index (κ2) is 12.0. The van der Waals surface area contributed by atoms with Gasteiger partial charge in [0.1, 0.15) is 0 Å². The van der Waals surface area contributed by atoms with Crippen molar-refractivity contribution in [3.63, 3.8) is 0 Å². The maximum atomic E-state index is 13.4. The number of anilines is 1. The van der Waals surface area contributed by atoms with Crippen LogP contribution in [0.25, 0.3) is 0 Å². The van der Waals surface area contributed by atoms with Crippen molar-refractivity contribution in [1.82, 2.24) is 20.1 Å². The van der Waals surface area contributed by atoms with E-state index in [0.29, 0.717) is 32.6 Å². The number of nitrogens with zero attached hydrogens (tertiary/aromatic N) is 3. The summed E-state index contributed by atoms with van der Waals surface area (Å²) in [5, 5.41) is 6.28. The smallest absolute Gasteiger partial charge is 0.228 e. The Kier molecular flexibility index (Phi) is 8.25. The highest BCUT2D eigenvalue weighted by Gasteiger charge is 2.35. The normalized spacial score (nSPS) is 22.7. The fourth-order valence-corrected chi connectivity index (χ4v) is 5.65. The summed E-state index contributed by atoms with van der Waals surface area (Å²) in [7, 11) is 0. The number of benzene rings is 1. The molecule has 0 spiro atoms. The van der Waals surface area contributed by atoms with Crippen LogP contribution in [0.5, 0.6) is 0 Å². The molecule has 0 radical (unpaired) electrons. The van der Waals surface area contributed by atoms with Crippen molar-refractivity contribution in [2.24, 2.45) is 11.8 Å². The summed E-state index contributed by atoms with van der Waals surface area (Å²) in [5.41, 5.74) is 4.73. The summed E-state index contributed by atoms with van der Waals surface area (Å²) in [6, 6.07) is 10.2. The molecule has 1 aromatic carbocycles. The molecule has 36 heavy (non-hydrogen) atoms. The zero-order valence-electron chi connectivity index (χ0n) is 21.0. The zero-order chi connectivity index (χ0) is 24.7. The van der Waals surface area contributed by atoms with Crippen molar-refractivity contribution in [2.75, 3.05) is 57.8 Å². The van der Waals surface area contributed by atoms with E-state index in [-0.39, 0.29) is 23.7 Å². The Morgan fingerprint density at radius 3 is 2.50 bits per heavy atom. The number of amides is 2. The second-order valence-corrected chi connectivity index (χ2v) is 10.3. The van der Waals surface area contributed by atoms with E-state index < -0.39 is 0 Å². The van der Waals surface area contributed by atoms with Gasteiger partial charge in [-0.15, -0.1) is 0 Å². The van der Waals surface area contributed by atoms with Crippen LogP contribution in [-0.4, -0.2) is 79.1 Å². The standard InChI is InChI=1S/C28H37N5O3/c34-27(30-10-11-32-12-14-36-15-13-32)24-16-25(20-33(19-24)18-21-6-8-29-9-7-21)28(35)31-26-5-4-22-2-1-3-23(22)17-26/h4-9,17,24-25H,1-3,10-16,18-20H2,(H,30,34)(H,31,35)/t24-,25+/m0/s1. The number of pyridine rings is 1. The summed E-state index contributed by atoms with van der Waals surface area (Å²) in [4.78, 5) is 35.2. The van der Waals surface area contributed by atoms with Crippen LogP contribution in [0, 0.1) is 11.8 Å². The summed E-state index contributed by atoms with van der Waals surface area (Å²) >= 11 is 0. The molecule has 2 fully saturated rings. The van der Waals surface area contributed by atoms with Gasteiger partial charge >= 0.3 is 0 Å². The van der Waals surface area contributed by atoms with Gasteiger partial charge in [0.15, 0.2) is 0 Å². The molecular weight excluding hydrogens is 454 g/mol. The number of fused-ring (bicyclic) bond motifs is 1. The highest BCUT2D eigenvalue weighted by Crippen LogP contribution is 2.28. The Hall–Kier alpha value is -2.81. The minimum Gasteiger partial charge on any atom is -0.379 e. The number of aryl methyl sites for hydroxylation is 2. The number of ether oxygens (including phenoxy) is 1. The zero-order valence-corrected chi connectivity index (χ0v) is 21.0. The van der Waals surface area contributed by atoms with E-state index in [2.05, 4.69) is 37.6 Å². The molecule has 0 saturated carbocycles. The largest absolute Gasteiger partial charge is 0.379 e. The van der Waals surface area contributed by atoms with E-state index in [1.807, 2.05) is 18.2 Å². The quantitative estimate of drug-likeness (QED) is 0.588. The summed E-state index contributed by atoms with van der Waals surface area (Å²) in [6.07, 6.45) is 7.52. The molecule has 2 aliphatic heterocycles. The predicted octanol–water partition coefficient (Wildman–Crippen LogP) is 2.10. The van der Waals surface area contributed by atoms with Crippen molar-refractivity contribution in [1.29, 1.82) is 0 Å². The van der Waals surface area contributed by atoms with Crippen LogP contribution in [0.4, 0.5) is 5.69 Å². The monoisotopic (exact) mass is 491 g/mol. The Labute approximate surface area is 213 Å². The minimum absolute atomic E-state index is 0.00140. The van der Waals surface area contributed by atoms with Gasteiger partial charge in [-0.3, -0.25) is 24.4 Å². The maximum Gasteiger partial charge on any atom is 0.228 e. The first kappa shape index (κ1) is 24.9. The van der Waals surface area contributed by atoms with Crippen LogP contribution in [0.3, 0.4) is 0 Å². The molecule has 8 nitrogen and oxygen atoms in total. The summed E-state index contributed by atoms with van der Waals surface area (Å²) in [6.45, 7) is 6.74. The number of nitrogens with one attached hydrogen (secondary N) is 2. The average Bonchev–Trinajstić information content (AvgIpc) is 3.38. The molecule has 2 atom stereocenters. The lowest BCUT2D eigenvalue weighted by atomic mass is 9.87. The number of rotatable bonds is 8. The number of aromatic nitrogens is 1. The molecule has 3 heterocycles. The number of hydrogen-bond donors (Lipinski definition) is 2. The van der Waals surface area contributed by atoms with Crippen molar-refractivity contribution < 1.29 is 14.3 Å². The van der Waals surface area contributed by atoms with Crippen LogP contribution in [0.1, 0.15) is 29.5 Å². The number of likely N-dealkylation sites (tertiary alicyclic amines) is 1. The fraction of sp³-hybridized carbons (Fsp3) is 0.536. The molecule has 2 aromatic rings. The van der Waals surface area contributed by atoms with Gasteiger partial charge in [0, 0.05) is 63.9 Å². The van der Waals surface area contributed by atoms with Crippen LogP contribution in [-0.2, 0) is 33.7 Å². The third kappa shape index (κ3) is 6.49. The SMILES string of the molecule is O=C(NCCN1CCOCC1)[C@H]1C[C@@H](C(=O)Nc2ccc3c(c2)CCC3)CN(Cc2ccncc2)C1. The molecule has 5 rings (SSSR count). The van der Waals surface area contributed by atoms with E-state index >= 15 is 0 Å². The molecule has 192 valence electrons. The van der Waals surface area contributed by atoms with Crippen LogP contribution >= 0.6 is 0 Å². The first-order valence-electron chi connectivity index (χ1n) is 13.3. The van der Waals surface area contributed by atoms with E-state index in [9.17, 15) is 9.59 Å². The third-order valence-corrected chi connectivity index (χ3v) is 7.62. The van der Waals surface area contributed by atoms with Gasteiger partial charge in [0.05, 0.1) is 25.0 Å². The Bertz CT molecular complexity index is 1040. The molecule has 1 aliphatic carbocycles. The van der Waals surface area contributed by atoms with Crippen molar-refractivity contribution in [2.45, 2.75) is 32.2 Å². The van der Waals surface area contributed by atoms with E-state index in [1.54, 1.807) is 12.4 Å². The van der Waals surface area contributed by atoms with Crippen LogP contribution < -0.4 is 10.6 Å². The van der Waals surface area contributed by atoms with Gasteiger partial charge < -0.3 is 15.4 Å². The highest BCUT2D eigenvalue weighted by molar-refractivity contribution is 5.93. The number of morpholine rings is 1. The fourth-order valence-electron chi connectivity index (χ4n) is 5.65. The first-order chi connectivity index (χ1) is 17.6. The van der Waals surface area contributed by atoms with E-state index in [1.165, 1.54) is 17.5 Å². The molecule has 3 aliphatic rings. The third-order valence-electron chi connectivity index (χ3n) is 7.62. The van der Waals surface area contributed by atoms with Crippen LogP contribution in [0.2, 0.25) is 0 Å². The van der Waals surface area contributed by atoms with Crippen molar-refractivity contribution in [3.05, 3.63) is 59.4 Å². The van der Waals surface area contributed by atoms with Gasteiger partial charge in [-0.1, -0.05) is 6.07 Å². The molecular formula is C28H37N5O3. The lowest BCUT2D eigenvalue weighted by Crippen LogP contribution is -2.50. The van der Waals surface area contributed by atoms with Crippen LogP contribution in [0.15, 0.2) is 42.7 Å². The average molecular weight is 492 g/mol. The molecule has 1 aromatic heterocycles. The Morgan fingerprint density at radius 1 is 0.944 bits per heavy atom. The van der Waals surface area contributed by atoms with Crippen molar-refractivity contribution in [3.8, 4) is 0 Å². The van der Waals surface area contributed by atoms with E-state index in [4.69, 9.17) is 4.74 Å². The second-order valence-electron chi connectivity index (χ2n) is 10.3. The highest BCUT2D eigenvalue weighted by atomic mass is 16.5. The molecule has 2 amide bonds. The van der Waals surface area contributed by atoms with E-state index in [0.717, 1.165) is 56.9 Å². The lowest BCUT2D eigenvalue weighted by Gasteiger charge is -2.36. The predicted molar refractivity (Wildman–Crippen MR) is 138 cm³/mol. The number of carbonyl (C=O) groups is 2.